The lowest BCUT2D eigenvalue weighted by molar-refractivity contribution is -0.119. The monoisotopic (exact) mass is 219 g/mol. The van der Waals surface area contributed by atoms with E-state index in [-0.39, 0.29) is 6.42 Å². The number of hydrogen-bond donors (Lipinski definition) is 2. The zero-order valence-corrected chi connectivity index (χ0v) is 8.84. The number of primary amides is 1. The molecule has 6 nitrogen and oxygen atoms in total. The molecule has 0 radical (unpaired) electrons. The van der Waals surface area contributed by atoms with Gasteiger partial charge in [0.05, 0.1) is 12.1 Å². The molecule has 3 N–H and O–H groups in total. The van der Waals surface area contributed by atoms with E-state index in [2.05, 4.69) is 0 Å². The molecule has 0 bridgehead atoms. The second kappa shape index (κ2) is 4.93. The Morgan fingerprint density at radius 1 is 1.64 bits per heavy atom. The first kappa shape index (κ1) is 12.9. The summed E-state index contributed by atoms with van der Waals surface area (Å²) in [6, 6.07) is 0.636. The molecule has 0 fully saturated rings. The zero-order valence-electron chi connectivity index (χ0n) is 8.02. The average Bonchev–Trinajstić information content (AvgIpc) is 2.04. The number of carbonyl (C=O) groups excluding carboxylic acids is 1. The third kappa shape index (κ3) is 3.32. The van der Waals surface area contributed by atoms with Gasteiger partial charge in [-0.05, 0) is 13.3 Å². The molecule has 80 valence electrons. The second-order valence-electron chi connectivity index (χ2n) is 2.81. The van der Waals surface area contributed by atoms with Gasteiger partial charge < -0.3 is 5.73 Å². The maximum absolute atomic E-state index is 11.4. The van der Waals surface area contributed by atoms with Gasteiger partial charge in [-0.25, -0.2) is 13.1 Å². The summed E-state index contributed by atoms with van der Waals surface area (Å²) < 4.78 is 24.8. The van der Waals surface area contributed by atoms with Crippen molar-refractivity contribution in [3.05, 3.63) is 0 Å². The molecule has 0 heterocycles. The van der Waals surface area contributed by atoms with Crippen LogP contribution in [0.3, 0.4) is 0 Å². The van der Waals surface area contributed by atoms with E-state index < -0.39 is 27.2 Å². The zero-order chi connectivity index (χ0) is 11.4. The Labute approximate surface area is 83.1 Å². The van der Waals surface area contributed by atoms with Crippen LogP contribution < -0.4 is 10.5 Å². The number of nitrogens with two attached hydrogens (primary N) is 1. The van der Waals surface area contributed by atoms with Gasteiger partial charge in [0, 0.05) is 0 Å². The van der Waals surface area contributed by atoms with Crippen LogP contribution in [0.15, 0.2) is 0 Å². The van der Waals surface area contributed by atoms with Crippen LogP contribution >= 0.6 is 0 Å². The van der Waals surface area contributed by atoms with Crippen molar-refractivity contribution in [1.29, 1.82) is 5.26 Å². The third-order valence-electron chi connectivity index (χ3n) is 1.66. The van der Waals surface area contributed by atoms with Crippen LogP contribution in [0.5, 0.6) is 0 Å². The molecule has 2 atom stereocenters. The molecule has 0 aromatic heterocycles. The summed E-state index contributed by atoms with van der Waals surface area (Å²) in [7, 11) is -3.78. The van der Waals surface area contributed by atoms with Crippen LogP contribution in [0.25, 0.3) is 0 Å². The average molecular weight is 219 g/mol. The molecule has 0 aliphatic heterocycles. The van der Waals surface area contributed by atoms with Crippen LogP contribution in [-0.4, -0.2) is 25.6 Å². The van der Waals surface area contributed by atoms with E-state index in [0.717, 1.165) is 0 Å². The van der Waals surface area contributed by atoms with E-state index in [9.17, 15) is 13.2 Å². The van der Waals surface area contributed by atoms with E-state index in [1.165, 1.54) is 6.92 Å². The molecule has 0 aromatic rings. The van der Waals surface area contributed by atoms with E-state index in [1.54, 1.807) is 13.0 Å². The molecule has 0 spiro atoms. The number of nitrogens with one attached hydrogen (secondary N) is 1. The van der Waals surface area contributed by atoms with Crippen molar-refractivity contribution in [2.75, 3.05) is 0 Å². The van der Waals surface area contributed by atoms with Crippen LogP contribution in [0.1, 0.15) is 20.3 Å². The van der Waals surface area contributed by atoms with Crippen molar-refractivity contribution in [3.8, 4) is 6.07 Å². The minimum absolute atomic E-state index is 0.164. The summed E-state index contributed by atoms with van der Waals surface area (Å²) >= 11 is 0. The van der Waals surface area contributed by atoms with Crippen LogP contribution in [-0.2, 0) is 14.8 Å². The minimum Gasteiger partial charge on any atom is -0.368 e. The van der Waals surface area contributed by atoms with E-state index in [0.29, 0.717) is 0 Å². The highest BCUT2D eigenvalue weighted by Gasteiger charge is 2.26. The molecule has 0 aliphatic carbocycles. The number of hydrogen-bond acceptors (Lipinski definition) is 4. The maximum Gasteiger partial charge on any atom is 0.235 e. The normalized spacial score (nSPS) is 15.5. The van der Waals surface area contributed by atoms with Crippen LogP contribution in [0, 0.1) is 11.3 Å². The molecule has 0 rings (SSSR count). The summed E-state index contributed by atoms with van der Waals surface area (Å²) in [5.41, 5.74) is 4.88. The molecule has 0 saturated carbocycles. The highest BCUT2D eigenvalue weighted by atomic mass is 32.2. The van der Waals surface area contributed by atoms with Gasteiger partial charge in [-0.2, -0.15) is 5.26 Å². The predicted octanol–water partition coefficient (Wildman–Crippen LogP) is -0.918. The Morgan fingerprint density at radius 3 is 2.43 bits per heavy atom. The fraction of sp³-hybridized carbons (Fsp3) is 0.714. The highest BCUT2D eigenvalue weighted by Crippen LogP contribution is 2.03. The van der Waals surface area contributed by atoms with Gasteiger partial charge in [-0.3, -0.25) is 4.79 Å². The first-order valence-corrected chi connectivity index (χ1v) is 5.59. The Hall–Kier alpha value is -1.13. The summed E-state index contributed by atoms with van der Waals surface area (Å²) in [6.07, 6.45) is 0.164. The Bertz CT molecular complexity index is 344. The largest absolute Gasteiger partial charge is 0.368 e. The van der Waals surface area contributed by atoms with Crippen LogP contribution in [0.2, 0.25) is 0 Å². The Morgan fingerprint density at radius 2 is 2.14 bits per heavy atom. The topological polar surface area (TPSA) is 113 Å². The molecule has 0 aliphatic rings. The molecule has 1 amide bonds. The quantitative estimate of drug-likeness (QED) is 0.622. The van der Waals surface area contributed by atoms with Crippen molar-refractivity contribution in [1.82, 2.24) is 4.72 Å². The fourth-order valence-corrected chi connectivity index (χ4v) is 2.12. The standard InChI is InChI=1S/C7H13N3O3S/c1-3-6(4-8)14(12,13)10-5(2)7(9)11/h5-6,10H,3H2,1-2H3,(H2,9,11). The van der Waals surface area contributed by atoms with E-state index in [4.69, 9.17) is 11.0 Å². The summed E-state index contributed by atoms with van der Waals surface area (Å²) in [5.74, 6) is -0.777. The van der Waals surface area contributed by atoms with Crippen molar-refractivity contribution in [2.24, 2.45) is 5.73 Å². The SMILES string of the molecule is CCC(C#N)S(=O)(=O)NC(C)C(N)=O. The molecular formula is C7H13N3O3S. The van der Waals surface area contributed by atoms with Crippen molar-refractivity contribution in [2.45, 2.75) is 31.6 Å². The number of sulfonamides is 1. The number of amides is 1. The molecule has 14 heavy (non-hydrogen) atoms. The molecular weight excluding hydrogens is 206 g/mol. The lowest BCUT2D eigenvalue weighted by Crippen LogP contribution is -2.45. The maximum atomic E-state index is 11.4. The van der Waals surface area contributed by atoms with Crippen molar-refractivity contribution in [3.63, 3.8) is 0 Å². The highest BCUT2D eigenvalue weighted by molar-refractivity contribution is 7.90. The fourth-order valence-electron chi connectivity index (χ4n) is 0.767. The van der Waals surface area contributed by atoms with Gasteiger partial charge in [-0.1, -0.05) is 6.92 Å². The number of nitriles is 1. The van der Waals surface area contributed by atoms with E-state index >= 15 is 0 Å². The second-order valence-corrected chi connectivity index (χ2v) is 4.71. The summed E-state index contributed by atoms with van der Waals surface area (Å²) in [5, 5.41) is 7.38. The van der Waals surface area contributed by atoms with Crippen molar-refractivity contribution < 1.29 is 13.2 Å². The lowest BCUT2D eigenvalue weighted by Gasteiger charge is -2.13. The van der Waals surface area contributed by atoms with Gasteiger partial charge in [0.1, 0.15) is 0 Å². The summed E-state index contributed by atoms with van der Waals surface area (Å²) in [6.45, 7) is 2.89. The summed E-state index contributed by atoms with van der Waals surface area (Å²) in [4.78, 5) is 10.6. The smallest absolute Gasteiger partial charge is 0.235 e. The molecule has 7 heteroatoms. The van der Waals surface area contributed by atoms with Crippen LogP contribution in [0.4, 0.5) is 0 Å². The first-order valence-electron chi connectivity index (χ1n) is 4.05. The minimum atomic E-state index is -3.78. The number of carbonyl (C=O) groups is 1. The Balaban J connectivity index is 4.67. The van der Waals surface area contributed by atoms with Gasteiger partial charge >= 0.3 is 0 Å². The van der Waals surface area contributed by atoms with E-state index in [1.807, 2.05) is 4.72 Å². The van der Waals surface area contributed by atoms with Gasteiger partial charge in [-0.15, -0.1) is 0 Å². The van der Waals surface area contributed by atoms with Gasteiger partial charge in [0.25, 0.3) is 0 Å². The van der Waals surface area contributed by atoms with Gasteiger partial charge in [0.15, 0.2) is 5.25 Å². The molecule has 2 unspecified atom stereocenters. The lowest BCUT2D eigenvalue weighted by atomic mass is 10.4. The third-order valence-corrected chi connectivity index (χ3v) is 3.53. The Kier molecular flexibility index (Phi) is 4.53. The first-order chi connectivity index (χ1) is 6.35. The molecule has 0 aromatic carbocycles. The number of rotatable bonds is 5. The number of nitrogens with zero attached hydrogens (tertiary/aromatic N) is 1. The van der Waals surface area contributed by atoms with Gasteiger partial charge in [0.2, 0.25) is 15.9 Å². The predicted molar refractivity (Wildman–Crippen MR) is 50.4 cm³/mol. The molecule has 0 saturated heterocycles. The van der Waals surface area contributed by atoms with Crippen molar-refractivity contribution >= 4 is 15.9 Å².